The highest BCUT2D eigenvalue weighted by Crippen LogP contribution is 2.22. The summed E-state index contributed by atoms with van der Waals surface area (Å²) in [7, 11) is 1.41. The normalized spacial score (nSPS) is 9.95. The van der Waals surface area contributed by atoms with E-state index in [1.807, 2.05) is 0 Å². The van der Waals surface area contributed by atoms with Crippen molar-refractivity contribution in [3.63, 3.8) is 0 Å². The molecule has 2 aromatic carbocycles. The lowest BCUT2D eigenvalue weighted by molar-refractivity contribution is 0.0844. The van der Waals surface area contributed by atoms with Crippen LogP contribution in [0, 0.1) is 5.82 Å². The predicted molar refractivity (Wildman–Crippen MR) is 79.3 cm³/mol. The number of amides is 2. The number of carbonyl (C=O) groups excluding carboxylic acids is 2. The summed E-state index contributed by atoms with van der Waals surface area (Å²) in [5.74, 6) is -1.49. The van der Waals surface area contributed by atoms with Gasteiger partial charge in [0, 0.05) is 10.6 Å². The van der Waals surface area contributed by atoms with E-state index in [2.05, 4.69) is 10.9 Å². The summed E-state index contributed by atoms with van der Waals surface area (Å²) in [6.07, 6.45) is 0. The Hall–Kier alpha value is -2.60. The monoisotopic (exact) mass is 322 g/mol. The fraction of sp³-hybridized carbons (Fsp3) is 0.0667. The standard InChI is InChI=1S/C15H12ClFN2O3/c1-22-13-6-5-10(16)8-12(13)15(21)19-18-14(20)9-3-2-4-11(17)7-9/h2-8H,1H3,(H,18,20)(H,19,21). The molecule has 0 aliphatic carbocycles. The molecule has 2 amide bonds. The molecule has 0 bridgehead atoms. The maximum atomic E-state index is 13.0. The van der Waals surface area contributed by atoms with E-state index >= 15 is 0 Å². The van der Waals surface area contributed by atoms with Gasteiger partial charge in [-0.2, -0.15) is 0 Å². The van der Waals surface area contributed by atoms with E-state index in [1.165, 1.54) is 37.4 Å². The first kappa shape index (κ1) is 15.8. The third kappa shape index (κ3) is 3.73. The van der Waals surface area contributed by atoms with Crippen LogP contribution in [0.15, 0.2) is 42.5 Å². The van der Waals surface area contributed by atoms with Gasteiger partial charge >= 0.3 is 0 Å². The summed E-state index contributed by atoms with van der Waals surface area (Å²) in [6.45, 7) is 0. The van der Waals surface area contributed by atoms with Crippen LogP contribution in [-0.4, -0.2) is 18.9 Å². The van der Waals surface area contributed by atoms with Gasteiger partial charge in [-0.05, 0) is 36.4 Å². The van der Waals surface area contributed by atoms with Crippen LogP contribution in [0.4, 0.5) is 4.39 Å². The summed E-state index contributed by atoms with van der Waals surface area (Å²) in [4.78, 5) is 23.8. The SMILES string of the molecule is COc1ccc(Cl)cc1C(=O)NNC(=O)c1cccc(F)c1. The summed E-state index contributed by atoms with van der Waals surface area (Å²) >= 11 is 5.83. The van der Waals surface area contributed by atoms with E-state index in [0.29, 0.717) is 10.8 Å². The first-order chi connectivity index (χ1) is 10.5. The van der Waals surface area contributed by atoms with Gasteiger partial charge in [-0.25, -0.2) is 4.39 Å². The van der Waals surface area contributed by atoms with Crippen LogP contribution in [0.25, 0.3) is 0 Å². The molecule has 0 aliphatic rings. The Morgan fingerprint density at radius 2 is 1.82 bits per heavy atom. The molecule has 5 nitrogen and oxygen atoms in total. The molecule has 0 saturated heterocycles. The van der Waals surface area contributed by atoms with E-state index in [0.717, 1.165) is 6.07 Å². The van der Waals surface area contributed by atoms with Crippen molar-refractivity contribution in [2.45, 2.75) is 0 Å². The Morgan fingerprint density at radius 3 is 2.50 bits per heavy atom. The third-order valence-electron chi connectivity index (χ3n) is 2.78. The van der Waals surface area contributed by atoms with Gasteiger partial charge in [0.25, 0.3) is 11.8 Å². The Morgan fingerprint density at radius 1 is 1.09 bits per heavy atom. The van der Waals surface area contributed by atoms with Gasteiger partial charge in [0.2, 0.25) is 0 Å². The van der Waals surface area contributed by atoms with Gasteiger partial charge in [-0.3, -0.25) is 20.4 Å². The van der Waals surface area contributed by atoms with Crippen molar-refractivity contribution in [2.75, 3.05) is 7.11 Å². The largest absolute Gasteiger partial charge is 0.496 e. The second-order valence-corrected chi connectivity index (χ2v) is 4.70. The Balaban J connectivity index is 2.07. The van der Waals surface area contributed by atoms with Crippen molar-refractivity contribution in [1.29, 1.82) is 0 Å². The van der Waals surface area contributed by atoms with Gasteiger partial charge in [0.15, 0.2) is 0 Å². The first-order valence-electron chi connectivity index (χ1n) is 6.21. The van der Waals surface area contributed by atoms with Crippen LogP contribution in [0.2, 0.25) is 5.02 Å². The van der Waals surface area contributed by atoms with Gasteiger partial charge in [-0.15, -0.1) is 0 Å². The second-order valence-electron chi connectivity index (χ2n) is 4.26. The number of carbonyl (C=O) groups is 2. The average Bonchev–Trinajstić information content (AvgIpc) is 2.52. The lowest BCUT2D eigenvalue weighted by Crippen LogP contribution is -2.41. The number of hydrogen-bond donors (Lipinski definition) is 2. The molecule has 0 radical (unpaired) electrons. The molecule has 2 aromatic rings. The molecule has 114 valence electrons. The van der Waals surface area contributed by atoms with Crippen LogP contribution in [0.3, 0.4) is 0 Å². The van der Waals surface area contributed by atoms with Crippen molar-refractivity contribution >= 4 is 23.4 Å². The summed E-state index contributed by atoms with van der Waals surface area (Å²) in [5.41, 5.74) is 4.65. The molecule has 0 unspecified atom stereocenters. The van der Waals surface area contributed by atoms with Crippen LogP contribution in [-0.2, 0) is 0 Å². The summed E-state index contributed by atoms with van der Waals surface area (Å²) < 4.78 is 18.1. The Labute approximate surface area is 131 Å². The molecule has 0 aromatic heterocycles. The minimum absolute atomic E-state index is 0.0818. The summed E-state index contributed by atoms with van der Waals surface area (Å²) in [5, 5.41) is 0.349. The molecule has 0 spiro atoms. The molecule has 7 heteroatoms. The average molecular weight is 323 g/mol. The number of benzene rings is 2. The van der Waals surface area contributed by atoms with Crippen molar-refractivity contribution in [2.24, 2.45) is 0 Å². The molecule has 0 aliphatic heterocycles. The lowest BCUT2D eigenvalue weighted by atomic mass is 10.2. The summed E-state index contributed by atoms with van der Waals surface area (Å²) in [6, 6.07) is 9.60. The van der Waals surface area contributed by atoms with Crippen LogP contribution in [0.1, 0.15) is 20.7 Å². The maximum Gasteiger partial charge on any atom is 0.273 e. The Bertz CT molecular complexity index is 722. The Kier molecular flexibility index (Phi) is 4.95. The first-order valence-corrected chi connectivity index (χ1v) is 6.59. The highest BCUT2D eigenvalue weighted by Gasteiger charge is 2.14. The number of halogens is 2. The van der Waals surface area contributed by atoms with Crippen molar-refractivity contribution in [1.82, 2.24) is 10.9 Å². The molecular formula is C15H12ClFN2O3. The maximum absolute atomic E-state index is 13.0. The number of rotatable bonds is 3. The lowest BCUT2D eigenvalue weighted by Gasteiger charge is -2.10. The number of hydrazine groups is 1. The van der Waals surface area contributed by atoms with E-state index in [1.54, 1.807) is 6.07 Å². The molecule has 0 saturated carbocycles. The van der Waals surface area contributed by atoms with Crippen LogP contribution in [0.5, 0.6) is 5.75 Å². The molecular weight excluding hydrogens is 311 g/mol. The molecule has 2 rings (SSSR count). The zero-order valence-corrected chi connectivity index (χ0v) is 12.3. The van der Waals surface area contributed by atoms with Crippen molar-refractivity contribution < 1.29 is 18.7 Å². The van der Waals surface area contributed by atoms with Gasteiger partial charge in [0.1, 0.15) is 11.6 Å². The highest BCUT2D eigenvalue weighted by molar-refractivity contribution is 6.31. The minimum atomic E-state index is -0.645. The third-order valence-corrected chi connectivity index (χ3v) is 3.02. The molecule has 22 heavy (non-hydrogen) atoms. The molecule has 0 heterocycles. The zero-order valence-electron chi connectivity index (χ0n) is 11.5. The predicted octanol–water partition coefficient (Wildman–Crippen LogP) is 2.56. The quantitative estimate of drug-likeness (QED) is 0.853. The number of nitrogens with one attached hydrogen (secondary N) is 2. The number of hydrogen-bond acceptors (Lipinski definition) is 3. The van der Waals surface area contributed by atoms with Gasteiger partial charge in [0.05, 0.1) is 12.7 Å². The zero-order chi connectivity index (χ0) is 16.1. The van der Waals surface area contributed by atoms with E-state index in [9.17, 15) is 14.0 Å². The fourth-order valence-corrected chi connectivity index (χ4v) is 1.91. The van der Waals surface area contributed by atoms with E-state index in [-0.39, 0.29) is 11.1 Å². The number of ether oxygens (including phenoxy) is 1. The fourth-order valence-electron chi connectivity index (χ4n) is 1.74. The molecule has 0 atom stereocenters. The van der Waals surface area contributed by atoms with Gasteiger partial charge in [-0.1, -0.05) is 17.7 Å². The topological polar surface area (TPSA) is 67.4 Å². The van der Waals surface area contributed by atoms with Crippen LogP contribution >= 0.6 is 11.6 Å². The second kappa shape index (κ2) is 6.91. The van der Waals surface area contributed by atoms with Gasteiger partial charge < -0.3 is 4.74 Å². The van der Waals surface area contributed by atoms with Crippen molar-refractivity contribution in [3.05, 3.63) is 64.4 Å². The minimum Gasteiger partial charge on any atom is -0.496 e. The van der Waals surface area contributed by atoms with E-state index in [4.69, 9.17) is 16.3 Å². The molecule has 2 N–H and O–H groups in total. The smallest absolute Gasteiger partial charge is 0.273 e. The molecule has 0 fully saturated rings. The number of methoxy groups -OCH3 is 1. The van der Waals surface area contributed by atoms with E-state index < -0.39 is 17.6 Å². The van der Waals surface area contributed by atoms with Crippen molar-refractivity contribution in [3.8, 4) is 5.75 Å². The van der Waals surface area contributed by atoms with Crippen LogP contribution < -0.4 is 15.6 Å². The highest BCUT2D eigenvalue weighted by atomic mass is 35.5.